The topological polar surface area (TPSA) is 93.1 Å². The van der Waals surface area contributed by atoms with Crippen molar-refractivity contribution in [3.63, 3.8) is 0 Å². The maximum atomic E-state index is 11.4. The van der Waals surface area contributed by atoms with Crippen molar-refractivity contribution in [3.05, 3.63) is 0 Å². The van der Waals surface area contributed by atoms with Gasteiger partial charge in [0, 0.05) is 14.2 Å². The molecule has 17 heavy (non-hydrogen) atoms. The van der Waals surface area contributed by atoms with Crippen LogP contribution in [0.15, 0.2) is 0 Å². The zero-order chi connectivity index (χ0) is 13.7. The number of carboxylic acid groups (broad SMARTS) is 2. The Balaban J connectivity index is 5.66. The zero-order valence-corrected chi connectivity index (χ0v) is 10.6. The van der Waals surface area contributed by atoms with Crippen LogP contribution in [0.5, 0.6) is 0 Å². The normalized spacial score (nSPS) is 18.1. The van der Waals surface area contributed by atoms with Gasteiger partial charge in [0.25, 0.3) is 0 Å². The van der Waals surface area contributed by atoms with Crippen molar-refractivity contribution in [2.45, 2.75) is 44.3 Å². The maximum Gasteiger partial charge on any atom is 0.339 e. The van der Waals surface area contributed by atoms with Crippen molar-refractivity contribution in [2.75, 3.05) is 14.2 Å². The van der Waals surface area contributed by atoms with E-state index in [0.29, 0.717) is 0 Å². The molecule has 0 saturated heterocycles. The molecule has 0 saturated carbocycles. The smallest absolute Gasteiger partial charge is 0.339 e. The van der Waals surface area contributed by atoms with Crippen molar-refractivity contribution in [1.82, 2.24) is 0 Å². The molecule has 0 aromatic heterocycles. The first kappa shape index (κ1) is 15.9. The van der Waals surface area contributed by atoms with Crippen LogP contribution in [0.3, 0.4) is 0 Å². The van der Waals surface area contributed by atoms with E-state index in [4.69, 9.17) is 14.6 Å². The molecular weight excluding hydrogens is 228 g/mol. The van der Waals surface area contributed by atoms with E-state index in [1.807, 2.05) is 0 Å². The minimum absolute atomic E-state index is 0.119. The van der Waals surface area contributed by atoms with Crippen LogP contribution in [0.25, 0.3) is 0 Å². The second-order valence-corrected chi connectivity index (χ2v) is 3.81. The predicted molar refractivity (Wildman–Crippen MR) is 60.0 cm³/mol. The summed E-state index contributed by atoms with van der Waals surface area (Å²) < 4.78 is 10.3. The molecule has 0 radical (unpaired) electrons. The highest BCUT2D eigenvalue weighted by molar-refractivity contribution is 5.81. The Bertz CT molecular complexity index is 278. The van der Waals surface area contributed by atoms with Gasteiger partial charge in [-0.15, -0.1) is 0 Å². The van der Waals surface area contributed by atoms with E-state index >= 15 is 0 Å². The van der Waals surface area contributed by atoms with Gasteiger partial charge in [0.2, 0.25) is 0 Å². The Hall–Kier alpha value is -1.14. The van der Waals surface area contributed by atoms with Gasteiger partial charge < -0.3 is 19.7 Å². The molecule has 100 valence electrons. The van der Waals surface area contributed by atoms with Crippen molar-refractivity contribution in [1.29, 1.82) is 0 Å². The van der Waals surface area contributed by atoms with Crippen LogP contribution in [0, 0.1) is 0 Å². The molecule has 2 unspecified atom stereocenters. The average Bonchev–Trinajstić information content (AvgIpc) is 2.28. The molecule has 0 aliphatic carbocycles. The minimum Gasteiger partial charge on any atom is -0.481 e. The number of hydrogen-bond acceptors (Lipinski definition) is 4. The lowest BCUT2D eigenvalue weighted by molar-refractivity contribution is -0.214. The van der Waals surface area contributed by atoms with Crippen molar-refractivity contribution >= 4 is 11.9 Å². The quantitative estimate of drug-likeness (QED) is 0.669. The number of hydrogen-bond donors (Lipinski definition) is 2. The van der Waals surface area contributed by atoms with Crippen LogP contribution < -0.4 is 0 Å². The molecule has 2 atom stereocenters. The second-order valence-electron chi connectivity index (χ2n) is 3.81. The van der Waals surface area contributed by atoms with Gasteiger partial charge in [-0.3, -0.25) is 4.79 Å². The molecule has 0 fully saturated rings. The lowest BCUT2D eigenvalue weighted by Crippen LogP contribution is -2.61. The highest BCUT2D eigenvalue weighted by Crippen LogP contribution is 2.38. The van der Waals surface area contributed by atoms with E-state index in [1.54, 1.807) is 13.8 Å². The molecule has 0 aliphatic heterocycles. The molecule has 0 spiro atoms. The van der Waals surface area contributed by atoms with Gasteiger partial charge in [-0.1, -0.05) is 13.8 Å². The monoisotopic (exact) mass is 248 g/mol. The highest BCUT2D eigenvalue weighted by Gasteiger charge is 2.57. The van der Waals surface area contributed by atoms with Gasteiger partial charge in [0.1, 0.15) is 5.60 Å². The molecule has 0 bridgehead atoms. The van der Waals surface area contributed by atoms with Gasteiger partial charge in [-0.25, -0.2) is 4.79 Å². The third-order valence-corrected chi connectivity index (χ3v) is 3.33. The van der Waals surface area contributed by atoms with Crippen LogP contribution in [0.1, 0.15) is 33.1 Å². The van der Waals surface area contributed by atoms with E-state index in [-0.39, 0.29) is 12.8 Å². The Labute approximate surface area is 101 Å². The lowest BCUT2D eigenvalue weighted by Gasteiger charge is -2.44. The third-order valence-electron chi connectivity index (χ3n) is 3.33. The Morgan fingerprint density at radius 1 is 1.06 bits per heavy atom. The van der Waals surface area contributed by atoms with Gasteiger partial charge in [-0.2, -0.15) is 0 Å². The van der Waals surface area contributed by atoms with Gasteiger partial charge >= 0.3 is 11.9 Å². The first-order chi connectivity index (χ1) is 7.85. The van der Waals surface area contributed by atoms with Gasteiger partial charge in [-0.05, 0) is 12.8 Å². The number of carbonyl (C=O) groups is 2. The summed E-state index contributed by atoms with van der Waals surface area (Å²) in [5, 5.41) is 18.3. The molecule has 0 aromatic rings. The van der Waals surface area contributed by atoms with E-state index in [1.165, 1.54) is 14.2 Å². The molecule has 0 rings (SSSR count). The maximum absolute atomic E-state index is 11.4. The summed E-state index contributed by atoms with van der Waals surface area (Å²) in [5.41, 5.74) is -3.04. The lowest BCUT2D eigenvalue weighted by atomic mass is 9.76. The summed E-state index contributed by atoms with van der Waals surface area (Å²) in [6.45, 7) is 3.31. The Morgan fingerprint density at radius 2 is 1.59 bits per heavy atom. The molecule has 6 nitrogen and oxygen atoms in total. The number of rotatable bonds is 8. The average molecular weight is 248 g/mol. The number of ether oxygens (including phenoxy) is 2. The number of carboxylic acids is 2. The molecule has 0 aromatic carbocycles. The molecule has 6 heteroatoms. The summed E-state index contributed by atoms with van der Waals surface area (Å²) in [7, 11) is 2.56. The third kappa shape index (κ3) is 2.58. The van der Waals surface area contributed by atoms with E-state index in [9.17, 15) is 14.7 Å². The van der Waals surface area contributed by atoms with Gasteiger partial charge in [0.15, 0.2) is 5.60 Å². The number of methoxy groups -OCH3 is 2. The highest BCUT2D eigenvalue weighted by atomic mass is 16.6. The fraction of sp³-hybridized carbons (Fsp3) is 0.818. The molecule has 0 amide bonds. The largest absolute Gasteiger partial charge is 0.481 e. The summed E-state index contributed by atoms with van der Waals surface area (Å²) in [5.74, 6) is -2.34. The molecule has 2 N–H and O–H groups in total. The predicted octanol–water partition coefficient (Wildman–Crippen LogP) is 1.14. The van der Waals surface area contributed by atoms with Crippen molar-refractivity contribution < 1.29 is 29.3 Å². The summed E-state index contributed by atoms with van der Waals surface area (Å²) in [6.07, 6.45) is -0.0778. The summed E-state index contributed by atoms with van der Waals surface area (Å²) in [4.78, 5) is 22.3. The fourth-order valence-corrected chi connectivity index (χ4v) is 2.26. The first-order valence-corrected chi connectivity index (χ1v) is 5.41. The van der Waals surface area contributed by atoms with E-state index < -0.39 is 29.6 Å². The first-order valence-electron chi connectivity index (χ1n) is 5.41. The van der Waals surface area contributed by atoms with Crippen LogP contribution in [-0.2, 0) is 19.1 Å². The SMILES string of the molecule is CCC(CC(=O)O)(OC)C(CC)(OC)C(=O)O. The van der Waals surface area contributed by atoms with E-state index in [2.05, 4.69) is 0 Å². The van der Waals surface area contributed by atoms with Crippen molar-refractivity contribution in [2.24, 2.45) is 0 Å². The van der Waals surface area contributed by atoms with Crippen LogP contribution in [-0.4, -0.2) is 47.6 Å². The summed E-state index contributed by atoms with van der Waals surface area (Å²) in [6, 6.07) is 0. The van der Waals surface area contributed by atoms with E-state index in [0.717, 1.165) is 0 Å². The molecule has 0 heterocycles. The van der Waals surface area contributed by atoms with Crippen LogP contribution >= 0.6 is 0 Å². The van der Waals surface area contributed by atoms with Crippen LogP contribution in [0.4, 0.5) is 0 Å². The Kier molecular flexibility index (Phi) is 5.57. The second kappa shape index (κ2) is 5.97. The van der Waals surface area contributed by atoms with Crippen molar-refractivity contribution in [3.8, 4) is 0 Å². The Morgan fingerprint density at radius 3 is 1.76 bits per heavy atom. The zero-order valence-electron chi connectivity index (χ0n) is 10.6. The molecule has 0 aliphatic rings. The number of aliphatic carboxylic acids is 2. The molecular formula is C11H20O6. The summed E-state index contributed by atoms with van der Waals surface area (Å²) >= 11 is 0. The van der Waals surface area contributed by atoms with Crippen LogP contribution in [0.2, 0.25) is 0 Å². The van der Waals surface area contributed by atoms with Gasteiger partial charge in [0.05, 0.1) is 6.42 Å². The standard InChI is InChI=1S/C11H20O6/c1-5-10(16-3,7-8(12)13)11(6-2,17-4)9(14)15/h5-7H2,1-4H3,(H,12,13)(H,14,15). The minimum atomic E-state index is -1.66. The fourth-order valence-electron chi connectivity index (χ4n) is 2.26.